The van der Waals surface area contributed by atoms with Gasteiger partial charge in [0.2, 0.25) is 8.38 Å². The summed E-state index contributed by atoms with van der Waals surface area (Å²) in [5.41, 5.74) is 0. The average Bonchev–Trinajstić information content (AvgIpc) is 2.18. The summed E-state index contributed by atoms with van der Waals surface area (Å²) in [4.78, 5) is 9.49. The third-order valence-electron chi connectivity index (χ3n) is 1.54. The maximum absolute atomic E-state index is 9.49. The molecule has 4 heteroatoms. The quantitative estimate of drug-likeness (QED) is 0.751. The van der Waals surface area contributed by atoms with Crippen LogP contribution in [0.25, 0.3) is 0 Å². The summed E-state index contributed by atoms with van der Waals surface area (Å²) in [5.74, 6) is 0.781. The van der Waals surface area contributed by atoms with Gasteiger partial charge in [-0.15, -0.1) is 0 Å². The largest absolute Gasteiger partial charge is 0.497 e. The van der Waals surface area contributed by atoms with E-state index >= 15 is 0 Å². The van der Waals surface area contributed by atoms with Crippen LogP contribution in [0, 0.1) is 0 Å². The first-order valence-corrected chi connectivity index (χ1v) is 5.25. The van der Waals surface area contributed by atoms with Gasteiger partial charge in [-0.1, -0.05) is 0 Å². The van der Waals surface area contributed by atoms with Crippen LogP contribution in [0.5, 0.6) is 5.75 Å². The molecular formula is C9H13O3P. The van der Waals surface area contributed by atoms with Crippen LogP contribution in [0.15, 0.2) is 24.3 Å². The van der Waals surface area contributed by atoms with E-state index in [2.05, 4.69) is 0 Å². The van der Waals surface area contributed by atoms with Crippen molar-refractivity contribution in [2.24, 2.45) is 0 Å². The number of benzene rings is 1. The summed E-state index contributed by atoms with van der Waals surface area (Å²) >= 11 is 0. The molecule has 1 atom stereocenters. The highest BCUT2D eigenvalue weighted by atomic mass is 31.2. The minimum absolute atomic E-state index is 0.522. The Bertz CT molecular complexity index is 248. The molecule has 0 fully saturated rings. The Hall–Kier alpha value is -0.630. The Labute approximate surface area is 79.2 Å². The zero-order chi connectivity index (χ0) is 9.68. The molecule has 0 radical (unpaired) electrons. The number of methoxy groups -OCH3 is 1. The third kappa shape index (κ3) is 2.96. The van der Waals surface area contributed by atoms with Crippen LogP contribution < -0.4 is 10.0 Å². The standard InChI is InChI=1S/C9H13O3P/c1-3-12-13(10)9-6-4-8(11-2)5-7-9/h4-7,10H,3H2,1-2H3. The Kier molecular flexibility index (Phi) is 4.16. The van der Waals surface area contributed by atoms with Crippen LogP contribution in [0.1, 0.15) is 6.92 Å². The van der Waals surface area contributed by atoms with E-state index in [1.165, 1.54) is 0 Å². The number of rotatable bonds is 4. The van der Waals surface area contributed by atoms with E-state index < -0.39 is 8.38 Å². The lowest BCUT2D eigenvalue weighted by molar-refractivity contribution is 0.337. The topological polar surface area (TPSA) is 38.7 Å². The van der Waals surface area contributed by atoms with Gasteiger partial charge in [0, 0.05) is 5.30 Å². The van der Waals surface area contributed by atoms with Crippen LogP contribution in [0.2, 0.25) is 0 Å². The maximum Gasteiger partial charge on any atom is 0.202 e. The van der Waals surface area contributed by atoms with E-state index in [-0.39, 0.29) is 0 Å². The van der Waals surface area contributed by atoms with E-state index in [9.17, 15) is 4.89 Å². The highest BCUT2D eigenvalue weighted by molar-refractivity contribution is 7.55. The fourth-order valence-electron chi connectivity index (χ4n) is 0.907. The Morgan fingerprint density at radius 3 is 2.38 bits per heavy atom. The number of hydrogen-bond acceptors (Lipinski definition) is 3. The van der Waals surface area contributed by atoms with Crippen molar-refractivity contribution in [2.45, 2.75) is 6.92 Å². The van der Waals surface area contributed by atoms with Gasteiger partial charge in [-0.3, -0.25) is 0 Å². The van der Waals surface area contributed by atoms with E-state index in [1.54, 1.807) is 31.4 Å². The van der Waals surface area contributed by atoms with Gasteiger partial charge in [0.25, 0.3) is 0 Å². The maximum atomic E-state index is 9.49. The van der Waals surface area contributed by atoms with E-state index in [0.717, 1.165) is 11.1 Å². The van der Waals surface area contributed by atoms with Gasteiger partial charge < -0.3 is 14.2 Å². The normalized spacial score (nSPS) is 12.5. The highest BCUT2D eigenvalue weighted by Crippen LogP contribution is 2.30. The smallest absolute Gasteiger partial charge is 0.202 e. The molecule has 0 amide bonds. The van der Waals surface area contributed by atoms with Gasteiger partial charge in [-0.05, 0) is 31.2 Å². The molecular weight excluding hydrogens is 187 g/mol. The van der Waals surface area contributed by atoms with Crippen molar-refractivity contribution in [3.8, 4) is 5.75 Å². The lowest BCUT2D eigenvalue weighted by Crippen LogP contribution is -2.02. The van der Waals surface area contributed by atoms with Crippen molar-refractivity contribution in [3.05, 3.63) is 24.3 Å². The van der Waals surface area contributed by atoms with Crippen LogP contribution in [-0.4, -0.2) is 18.6 Å². The lowest BCUT2D eigenvalue weighted by Gasteiger charge is -2.09. The van der Waals surface area contributed by atoms with Gasteiger partial charge in [-0.25, -0.2) is 0 Å². The Morgan fingerprint density at radius 1 is 1.31 bits per heavy atom. The number of hydrogen-bond donors (Lipinski definition) is 1. The van der Waals surface area contributed by atoms with Crippen LogP contribution >= 0.6 is 8.38 Å². The van der Waals surface area contributed by atoms with Crippen molar-refractivity contribution in [3.63, 3.8) is 0 Å². The summed E-state index contributed by atoms with van der Waals surface area (Å²) in [6.45, 7) is 2.38. The Morgan fingerprint density at radius 2 is 1.92 bits per heavy atom. The van der Waals surface area contributed by atoms with Gasteiger partial charge >= 0.3 is 0 Å². The molecule has 0 bridgehead atoms. The minimum atomic E-state index is -1.45. The molecule has 0 aliphatic rings. The highest BCUT2D eigenvalue weighted by Gasteiger charge is 2.06. The predicted molar refractivity (Wildman–Crippen MR) is 53.4 cm³/mol. The van der Waals surface area contributed by atoms with Crippen molar-refractivity contribution in [1.82, 2.24) is 0 Å². The SMILES string of the molecule is CCOP(O)c1ccc(OC)cc1. The zero-order valence-corrected chi connectivity index (χ0v) is 8.62. The summed E-state index contributed by atoms with van der Waals surface area (Å²) in [6, 6.07) is 7.22. The fraction of sp³-hybridized carbons (Fsp3) is 0.333. The zero-order valence-electron chi connectivity index (χ0n) is 7.73. The Balaban J connectivity index is 2.67. The van der Waals surface area contributed by atoms with Crippen molar-refractivity contribution in [2.75, 3.05) is 13.7 Å². The van der Waals surface area contributed by atoms with Crippen molar-refractivity contribution < 1.29 is 14.2 Å². The van der Waals surface area contributed by atoms with Crippen LogP contribution in [0.3, 0.4) is 0 Å². The fourth-order valence-corrected chi connectivity index (χ4v) is 1.70. The molecule has 1 unspecified atom stereocenters. The molecule has 0 saturated heterocycles. The van der Waals surface area contributed by atoms with Gasteiger partial charge in [0.05, 0.1) is 13.7 Å². The molecule has 1 aromatic carbocycles. The van der Waals surface area contributed by atoms with Gasteiger partial charge in [0.1, 0.15) is 5.75 Å². The second-order valence-corrected chi connectivity index (χ2v) is 3.71. The molecule has 0 saturated carbocycles. The molecule has 0 spiro atoms. The molecule has 0 aliphatic heterocycles. The van der Waals surface area contributed by atoms with Crippen molar-refractivity contribution >= 4 is 13.7 Å². The first-order chi connectivity index (χ1) is 6.27. The molecule has 0 aromatic heterocycles. The number of ether oxygens (including phenoxy) is 1. The molecule has 3 nitrogen and oxygen atoms in total. The molecule has 1 N–H and O–H groups in total. The molecule has 0 heterocycles. The monoisotopic (exact) mass is 200 g/mol. The summed E-state index contributed by atoms with van der Waals surface area (Å²) in [6.07, 6.45) is 0. The summed E-state index contributed by atoms with van der Waals surface area (Å²) < 4.78 is 10.1. The van der Waals surface area contributed by atoms with Gasteiger partial charge in [0.15, 0.2) is 0 Å². The lowest BCUT2D eigenvalue weighted by atomic mass is 10.3. The summed E-state index contributed by atoms with van der Waals surface area (Å²) in [7, 11) is 0.162. The molecule has 13 heavy (non-hydrogen) atoms. The van der Waals surface area contributed by atoms with Crippen LogP contribution in [-0.2, 0) is 4.52 Å². The molecule has 1 aromatic rings. The molecule has 72 valence electrons. The molecule has 0 aliphatic carbocycles. The first-order valence-electron chi connectivity index (χ1n) is 4.04. The van der Waals surface area contributed by atoms with E-state index in [0.29, 0.717) is 6.61 Å². The van der Waals surface area contributed by atoms with E-state index in [4.69, 9.17) is 9.26 Å². The average molecular weight is 200 g/mol. The van der Waals surface area contributed by atoms with Crippen molar-refractivity contribution in [1.29, 1.82) is 0 Å². The van der Waals surface area contributed by atoms with Gasteiger partial charge in [-0.2, -0.15) is 0 Å². The second-order valence-electron chi connectivity index (χ2n) is 2.39. The van der Waals surface area contributed by atoms with Crippen LogP contribution in [0.4, 0.5) is 0 Å². The first kappa shape index (κ1) is 10.5. The second kappa shape index (κ2) is 5.18. The summed E-state index contributed by atoms with van der Waals surface area (Å²) in [5, 5.41) is 0.803. The third-order valence-corrected chi connectivity index (χ3v) is 2.79. The molecule has 1 rings (SSSR count). The predicted octanol–water partition coefficient (Wildman–Crippen LogP) is 1.66. The van der Waals surface area contributed by atoms with E-state index in [1.807, 2.05) is 6.92 Å². The minimum Gasteiger partial charge on any atom is -0.497 e.